The van der Waals surface area contributed by atoms with Crippen molar-refractivity contribution in [1.29, 1.82) is 0 Å². The number of hydrogen-bond acceptors (Lipinski definition) is 3. The molecule has 0 atom stereocenters. The Morgan fingerprint density at radius 1 is 1.28 bits per heavy atom. The van der Waals surface area contributed by atoms with Crippen LogP contribution in [0.25, 0.3) is 0 Å². The second kappa shape index (κ2) is 8.37. The van der Waals surface area contributed by atoms with Crippen molar-refractivity contribution in [2.75, 3.05) is 24.6 Å². The molecule has 0 saturated heterocycles. The second-order valence-corrected chi connectivity index (χ2v) is 7.25. The van der Waals surface area contributed by atoms with E-state index in [0.29, 0.717) is 18.0 Å². The predicted octanol–water partition coefficient (Wildman–Crippen LogP) is 3.41. The number of carbonyl (C=O) groups is 2. The van der Waals surface area contributed by atoms with E-state index in [-0.39, 0.29) is 30.4 Å². The van der Waals surface area contributed by atoms with E-state index in [4.69, 9.17) is 4.74 Å². The predicted molar refractivity (Wildman–Crippen MR) is 100 cm³/mol. The fourth-order valence-electron chi connectivity index (χ4n) is 2.80. The molecule has 25 heavy (non-hydrogen) atoms. The average Bonchev–Trinajstić information content (AvgIpc) is 2.60. The van der Waals surface area contributed by atoms with Crippen molar-refractivity contribution < 1.29 is 14.3 Å². The Morgan fingerprint density at radius 2 is 2.04 bits per heavy atom. The van der Waals surface area contributed by atoms with E-state index in [1.807, 2.05) is 18.2 Å². The van der Waals surface area contributed by atoms with Gasteiger partial charge in [0.1, 0.15) is 12.3 Å². The monoisotopic (exact) mass is 346 g/mol. The first-order chi connectivity index (χ1) is 11.9. The highest BCUT2D eigenvalue weighted by molar-refractivity contribution is 6.02. The maximum Gasteiger partial charge on any atom is 0.265 e. The Hall–Kier alpha value is -2.04. The lowest BCUT2D eigenvalue weighted by Gasteiger charge is -2.31. The van der Waals surface area contributed by atoms with Crippen LogP contribution in [0.4, 0.5) is 5.69 Å². The summed E-state index contributed by atoms with van der Waals surface area (Å²) in [7, 11) is 0. The lowest BCUT2D eigenvalue weighted by Crippen LogP contribution is -2.45. The molecule has 0 aromatic heterocycles. The first kappa shape index (κ1) is 19.3. The molecule has 5 nitrogen and oxygen atoms in total. The van der Waals surface area contributed by atoms with Crippen LogP contribution in [-0.4, -0.2) is 31.5 Å². The van der Waals surface area contributed by atoms with Crippen molar-refractivity contribution >= 4 is 17.5 Å². The summed E-state index contributed by atoms with van der Waals surface area (Å²) in [4.78, 5) is 26.1. The minimum atomic E-state index is -0.178. The summed E-state index contributed by atoms with van der Waals surface area (Å²) >= 11 is 0. The van der Waals surface area contributed by atoms with Crippen molar-refractivity contribution in [2.24, 2.45) is 0 Å². The standard InChI is InChI=1S/C20H30N2O3/c1-5-7-8-11-21-18(23)13-22-16-12-15(20(3,4)6-2)9-10-17(16)25-14-19(22)24/h9-10,12H,5-8,11,13-14H2,1-4H3,(H,21,23). The van der Waals surface area contributed by atoms with E-state index in [2.05, 4.69) is 33.0 Å². The maximum atomic E-state index is 12.3. The van der Waals surface area contributed by atoms with Crippen molar-refractivity contribution in [1.82, 2.24) is 5.32 Å². The highest BCUT2D eigenvalue weighted by Gasteiger charge is 2.29. The van der Waals surface area contributed by atoms with E-state index in [9.17, 15) is 9.59 Å². The zero-order valence-electron chi connectivity index (χ0n) is 15.9. The van der Waals surface area contributed by atoms with E-state index >= 15 is 0 Å². The molecular formula is C20H30N2O3. The summed E-state index contributed by atoms with van der Waals surface area (Å²) in [5, 5.41) is 2.90. The van der Waals surface area contributed by atoms with Gasteiger partial charge < -0.3 is 10.1 Å². The molecule has 1 aliphatic rings. The van der Waals surface area contributed by atoms with Gasteiger partial charge in [-0.3, -0.25) is 14.5 Å². The molecule has 2 rings (SSSR count). The first-order valence-corrected chi connectivity index (χ1v) is 9.23. The van der Waals surface area contributed by atoms with Crippen LogP contribution in [0.1, 0.15) is 58.9 Å². The van der Waals surface area contributed by atoms with Crippen LogP contribution in [0, 0.1) is 0 Å². The molecule has 0 spiro atoms. The molecule has 1 N–H and O–H groups in total. The van der Waals surface area contributed by atoms with Gasteiger partial charge in [0.05, 0.1) is 5.69 Å². The molecule has 2 amide bonds. The minimum absolute atomic E-state index is 0.00358. The first-order valence-electron chi connectivity index (χ1n) is 9.23. The van der Waals surface area contributed by atoms with Gasteiger partial charge in [-0.15, -0.1) is 0 Å². The average molecular weight is 346 g/mol. The normalized spacial score (nSPS) is 14.1. The molecule has 0 fully saturated rings. The number of hydrogen-bond donors (Lipinski definition) is 1. The molecule has 0 aliphatic carbocycles. The van der Waals surface area contributed by atoms with Crippen LogP contribution >= 0.6 is 0 Å². The summed E-state index contributed by atoms with van der Waals surface area (Å²) in [5.74, 6) is 0.356. The van der Waals surface area contributed by atoms with Gasteiger partial charge in [-0.05, 0) is 36.0 Å². The fourth-order valence-corrected chi connectivity index (χ4v) is 2.80. The van der Waals surface area contributed by atoms with Gasteiger partial charge in [-0.1, -0.05) is 46.6 Å². The summed E-state index contributed by atoms with van der Waals surface area (Å²) in [6.45, 7) is 9.28. The minimum Gasteiger partial charge on any atom is -0.482 e. The van der Waals surface area contributed by atoms with Crippen molar-refractivity contribution in [3.05, 3.63) is 23.8 Å². The highest BCUT2D eigenvalue weighted by Crippen LogP contribution is 2.37. The van der Waals surface area contributed by atoms with Crippen molar-refractivity contribution in [3.63, 3.8) is 0 Å². The number of benzene rings is 1. The van der Waals surface area contributed by atoms with Crippen LogP contribution < -0.4 is 15.0 Å². The summed E-state index contributed by atoms with van der Waals surface area (Å²) in [5.41, 5.74) is 1.84. The molecule has 0 saturated carbocycles. The number of carbonyl (C=O) groups excluding carboxylic acids is 2. The van der Waals surface area contributed by atoms with Gasteiger partial charge in [-0.2, -0.15) is 0 Å². The van der Waals surface area contributed by atoms with Crippen molar-refractivity contribution in [3.8, 4) is 5.75 Å². The molecule has 5 heteroatoms. The Bertz CT molecular complexity index is 625. The molecule has 138 valence electrons. The van der Waals surface area contributed by atoms with Gasteiger partial charge in [0.2, 0.25) is 5.91 Å². The third-order valence-corrected chi connectivity index (χ3v) is 4.97. The molecule has 1 aromatic rings. The van der Waals surface area contributed by atoms with E-state index in [1.165, 1.54) is 0 Å². The number of amides is 2. The van der Waals surface area contributed by atoms with Gasteiger partial charge in [-0.25, -0.2) is 0 Å². The number of nitrogens with zero attached hydrogens (tertiary/aromatic N) is 1. The molecule has 1 aromatic carbocycles. The third-order valence-electron chi connectivity index (χ3n) is 4.97. The Labute approximate surface area is 150 Å². The topological polar surface area (TPSA) is 58.6 Å². The van der Waals surface area contributed by atoms with Crippen LogP contribution in [-0.2, 0) is 15.0 Å². The largest absolute Gasteiger partial charge is 0.482 e. The fraction of sp³-hybridized carbons (Fsp3) is 0.600. The lowest BCUT2D eigenvalue weighted by molar-refractivity contribution is -0.125. The maximum absolute atomic E-state index is 12.3. The lowest BCUT2D eigenvalue weighted by atomic mass is 9.82. The van der Waals surface area contributed by atoms with E-state index in [0.717, 1.165) is 31.2 Å². The molecule has 0 unspecified atom stereocenters. The summed E-state index contributed by atoms with van der Waals surface area (Å²) in [6, 6.07) is 5.93. The van der Waals surface area contributed by atoms with Gasteiger partial charge in [0.25, 0.3) is 5.91 Å². The zero-order chi connectivity index (χ0) is 18.4. The molecule has 0 bridgehead atoms. The van der Waals surface area contributed by atoms with E-state index < -0.39 is 0 Å². The zero-order valence-corrected chi connectivity index (χ0v) is 15.9. The Morgan fingerprint density at radius 3 is 2.72 bits per heavy atom. The van der Waals surface area contributed by atoms with E-state index in [1.54, 1.807) is 4.90 Å². The molecule has 1 aliphatic heterocycles. The van der Waals surface area contributed by atoms with Crippen LogP contribution in [0.2, 0.25) is 0 Å². The number of nitrogens with one attached hydrogen (secondary N) is 1. The SMILES string of the molecule is CCCCCNC(=O)CN1C(=O)COc2ccc(C(C)(C)CC)cc21. The van der Waals surface area contributed by atoms with Crippen LogP contribution in [0.3, 0.4) is 0 Å². The molecular weight excluding hydrogens is 316 g/mol. The van der Waals surface area contributed by atoms with Crippen molar-refractivity contribution in [2.45, 2.75) is 58.8 Å². The number of fused-ring (bicyclic) bond motifs is 1. The van der Waals surface area contributed by atoms with Crippen LogP contribution in [0.5, 0.6) is 5.75 Å². The van der Waals surface area contributed by atoms with Gasteiger partial charge in [0.15, 0.2) is 6.61 Å². The quantitative estimate of drug-likeness (QED) is 0.734. The molecule has 0 radical (unpaired) electrons. The Balaban J connectivity index is 2.16. The second-order valence-electron chi connectivity index (χ2n) is 7.25. The summed E-state index contributed by atoms with van der Waals surface area (Å²) in [6.07, 6.45) is 4.15. The van der Waals surface area contributed by atoms with Crippen LogP contribution in [0.15, 0.2) is 18.2 Å². The number of ether oxygens (including phenoxy) is 1. The molecule has 1 heterocycles. The number of anilines is 1. The van der Waals surface area contributed by atoms with Gasteiger partial charge in [0, 0.05) is 6.54 Å². The number of unbranched alkanes of at least 4 members (excludes halogenated alkanes) is 2. The van der Waals surface area contributed by atoms with Gasteiger partial charge >= 0.3 is 0 Å². The number of rotatable bonds is 8. The third kappa shape index (κ3) is 4.74. The summed E-state index contributed by atoms with van der Waals surface area (Å²) < 4.78 is 5.54. The Kier molecular flexibility index (Phi) is 6.45. The highest BCUT2D eigenvalue weighted by atomic mass is 16.5. The smallest absolute Gasteiger partial charge is 0.265 e.